The molecule has 3 aromatic rings. The van der Waals surface area contributed by atoms with Crippen molar-refractivity contribution in [1.82, 2.24) is 5.43 Å². The molecule has 0 spiro atoms. The quantitative estimate of drug-likeness (QED) is 0.361. The summed E-state index contributed by atoms with van der Waals surface area (Å²) in [4.78, 5) is 11.8. The minimum atomic E-state index is -0.341. The average molecular weight is 474 g/mol. The molecule has 0 saturated carbocycles. The monoisotopic (exact) mass is 472 g/mol. The number of halogens is 2. The molecule has 0 aromatic heterocycles. The van der Waals surface area contributed by atoms with Gasteiger partial charge in [0.05, 0.1) is 6.21 Å². The first-order valence-corrected chi connectivity index (χ1v) is 9.93. The number of nitrogens with zero attached hydrogens (tertiary/aromatic N) is 1. The minimum Gasteiger partial charge on any atom is -0.489 e. The molecule has 0 aliphatic heterocycles. The lowest BCUT2D eigenvalue weighted by Gasteiger charge is -2.06. The molecule has 0 fully saturated rings. The third kappa shape index (κ3) is 7.25. The van der Waals surface area contributed by atoms with Gasteiger partial charge in [0, 0.05) is 9.50 Å². The van der Waals surface area contributed by atoms with Crippen LogP contribution < -0.4 is 14.9 Å². The SMILES string of the molecule is O=C(COc1ccc(Br)cc1)N/N=C\c1ccc(OCc2ccc(Cl)cc2)cc1. The molecule has 7 heteroatoms. The molecule has 0 bridgehead atoms. The first-order chi connectivity index (χ1) is 14.1. The summed E-state index contributed by atoms with van der Waals surface area (Å²) in [5, 5.41) is 4.63. The largest absolute Gasteiger partial charge is 0.489 e. The number of carbonyl (C=O) groups excluding carboxylic acids is 1. The van der Waals surface area contributed by atoms with E-state index in [9.17, 15) is 4.79 Å². The van der Waals surface area contributed by atoms with Crippen LogP contribution in [-0.2, 0) is 11.4 Å². The van der Waals surface area contributed by atoms with Crippen molar-refractivity contribution in [3.8, 4) is 11.5 Å². The highest BCUT2D eigenvalue weighted by atomic mass is 79.9. The molecule has 0 saturated heterocycles. The van der Waals surface area contributed by atoms with E-state index < -0.39 is 0 Å². The van der Waals surface area contributed by atoms with Crippen LogP contribution in [0.5, 0.6) is 11.5 Å². The maximum atomic E-state index is 11.8. The van der Waals surface area contributed by atoms with Gasteiger partial charge < -0.3 is 9.47 Å². The number of hydrogen-bond acceptors (Lipinski definition) is 4. The van der Waals surface area contributed by atoms with Gasteiger partial charge >= 0.3 is 0 Å². The van der Waals surface area contributed by atoms with Crippen LogP contribution in [0.4, 0.5) is 0 Å². The van der Waals surface area contributed by atoms with Crippen molar-refractivity contribution in [2.75, 3.05) is 6.61 Å². The third-order valence-electron chi connectivity index (χ3n) is 3.79. The molecule has 0 radical (unpaired) electrons. The zero-order chi connectivity index (χ0) is 20.5. The molecular formula is C22H18BrClN2O3. The lowest BCUT2D eigenvalue weighted by molar-refractivity contribution is -0.123. The Morgan fingerprint density at radius 2 is 1.55 bits per heavy atom. The Balaban J connectivity index is 1.41. The first kappa shape index (κ1) is 20.9. The minimum absolute atomic E-state index is 0.115. The summed E-state index contributed by atoms with van der Waals surface area (Å²) in [6, 6.07) is 22.1. The number of carbonyl (C=O) groups is 1. The van der Waals surface area contributed by atoms with Gasteiger partial charge in [0.2, 0.25) is 0 Å². The highest BCUT2D eigenvalue weighted by Crippen LogP contribution is 2.16. The van der Waals surface area contributed by atoms with Crippen LogP contribution in [0.2, 0.25) is 5.02 Å². The van der Waals surface area contributed by atoms with E-state index in [-0.39, 0.29) is 12.5 Å². The fourth-order valence-corrected chi connectivity index (χ4v) is 2.68. The first-order valence-electron chi connectivity index (χ1n) is 8.76. The van der Waals surface area contributed by atoms with E-state index >= 15 is 0 Å². The Morgan fingerprint density at radius 1 is 0.931 bits per heavy atom. The summed E-state index contributed by atoms with van der Waals surface area (Å²) >= 11 is 9.21. The Kier molecular flexibility index (Phi) is 7.67. The van der Waals surface area contributed by atoms with Crippen LogP contribution in [0.1, 0.15) is 11.1 Å². The van der Waals surface area contributed by atoms with Crippen LogP contribution in [0.15, 0.2) is 82.4 Å². The number of hydrazone groups is 1. The summed E-state index contributed by atoms with van der Waals surface area (Å²) < 4.78 is 12.1. The lowest BCUT2D eigenvalue weighted by Crippen LogP contribution is -2.24. The number of ether oxygens (including phenoxy) is 2. The maximum absolute atomic E-state index is 11.8. The van der Waals surface area contributed by atoms with Crippen LogP contribution in [0.25, 0.3) is 0 Å². The van der Waals surface area contributed by atoms with Crippen molar-refractivity contribution in [1.29, 1.82) is 0 Å². The maximum Gasteiger partial charge on any atom is 0.277 e. The second-order valence-electron chi connectivity index (χ2n) is 6.02. The molecule has 148 valence electrons. The number of benzene rings is 3. The predicted molar refractivity (Wildman–Crippen MR) is 118 cm³/mol. The Morgan fingerprint density at radius 3 is 2.24 bits per heavy atom. The van der Waals surface area contributed by atoms with Gasteiger partial charge in [0.15, 0.2) is 6.61 Å². The van der Waals surface area contributed by atoms with Crippen LogP contribution in [-0.4, -0.2) is 18.7 Å². The van der Waals surface area contributed by atoms with E-state index in [0.29, 0.717) is 17.4 Å². The van der Waals surface area contributed by atoms with Crippen molar-refractivity contribution in [2.45, 2.75) is 6.61 Å². The molecule has 0 aliphatic rings. The van der Waals surface area contributed by atoms with Crippen molar-refractivity contribution >= 4 is 39.7 Å². The van der Waals surface area contributed by atoms with E-state index in [1.807, 2.05) is 60.7 Å². The molecule has 1 amide bonds. The van der Waals surface area contributed by atoms with Gasteiger partial charge in [0.1, 0.15) is 18.1 Å². The standard InChI is InChI=1S/C22H18BrClN2O3/c23-18-5-11-21(12-6-18)29-15-22(27)26-25-13-16-3-9-20(10-4-16)28-14-17-1-7-19(24)8-2-17/h1-13H,14-15H2,(H,26,27)/b25-13-. The highest BCUT2D eigenvalue weighted by Gasteiger charge is 2.01. The summed E-state index contributed by atoms with van der Waals surface area (Å²) in [6.07, 6.45) is 1.56. The Labute approximate surface area is 182 Å². The Bertz CT molecular complexity index is 959. The zero-order valence-electron chi connectivity index (χ0n) is 15.3. The van der Waals surface area contributed by atoms with Gasteiger partial charge in [-0.25, -0.2) is 5.43 Å². The summed E-state index contributed by atoms with van der Waals surface area (Å²) in [5.41, 5.74) is 4.30. The highest BCUT2D eigenvalue weighted by molar-refractivity contribution is 9.10. The van der Waals surface area contributed by atoms with Gasteiger partial charge in [-0.05, 0) is 71.8 Å². The number of rotatable bonds is 8. The summed E-state index contributed by atoms with van der Waals surface area (Å²) in [6.45, 7) is 0.343. The summed E-state index contributed by atoms with van der Waals surface area (Å²) in [5.74, 6) is 1.01. The molecule has 0 atom stereocenters. The molecular weight excluding hydrogens is 456 g/mol. The van der Waals surface area contributed by atoms with E-state index in [1.165, 1.54) is 0 Å². The third-order valence-corrected chi connectivity index (χ3v) is 4.57. The molecule has 29 heavy (non-hydrogen) atoms. The predicted octanol–water partition coefficient (Wildman–Crippen LogP) is 5.21. The van der Waals surface area contributed by atoms with Gasteiger partial charge in [-0.1, -0.05) is 39.7 Å². The van der Waals surface area contributed by atoms with E-state index in [0.717, 1.165) is 21.3 Å². The Hall–Kier alpha value is -2.83. The van der Waals surface area contributed by atoms with Crippen molar-refractivity contribution in [2.24, 2.45) is 5.10 Å². The van der Waals surface area contributed by atoms with Gasteiger partial charge in [-0.15, -0.1) is 0 Å². The van der Waals surface area contributed by atoms with Crippen molar-refractivity contribution in [3.05, 3.63) is 93.4 Å². The van der Waals surface area contributed by atoms with E-state index in [4.69, 9.17) is 21.1 Å². The number of amides is 1. The molecule has 1 N–H and O–H groups in total. The van der Waals surface area contributed by atoms with Crippen molar-refractivity contribution < 1.29 is 14.3 Å². The van der Waals surface area contributed by atoms with E-state index in [1.54, 1.807) is 18.3 Å². The topological polar surface area (TPSA) is 59.9 Å². The molecule has 3 rings (SSSR count). The van der Waals surface area contributed by atoms with Gasteiger partial charge in [0.25, 0.3) is 5.91 Å². The second kappa shape index (κ2) is 10.6. The van der Waals surface area contributed by atoms with Crippen LogP contribution >= 0.6 is 27.5 Å². The van der Waals surface area contributed by atoms with E-state index in [2.05, 4.69) is 26.5 Å². The number of nitrogens with one attached hydrogen (secondary N) is 1. The molecule has 0 heterocycles. The zero-order valence-corrected chi connectivity index (χ0v) is 17.7. The fraction of sp³-hybridized carbons (Fsp3) is 0.0909. The second-order valence-corrected chi connectivity index (χ2v) is 7.37. The van der Waals surface area contributed by atoms with Crippen LogP contribution in [0.3, 0.4) is 0 Å². The smallest absolute Gasteiger partial charge is 0.277 e. The molecule has 5 nitrogen and oxygen atoms in total. The normalized spacial score (nSPS) is 10.7. The number of hydrogen-bond donors (Lipinski definition) is 1. The fourth-order valence-electron chi connectivity index (χ4n) is 2.29. The van der Waals surface area contributed by atoms with Crippen LogP contribution in [0, 0.1) is 0 Å². The molecule has 3 aromatic carbocycles. The van der Waals surface area contributed by atoms with Gasteiger partial charge in [-0.2, -0.15) is 5.10 Å². The molecule has 0 unspecified atom stereocenters. The summed E-state index contributed by atoms with van der Waals surface area (Å²) in [7, 11) is 0. The molecule has 0 aliphatic carbocycles. The van der Waals surface area contributed by atoms with Crippen molar-refractivity contribution in [3.63, 3.8) is 0 Å². The van der Waals surface area contributed by atoms with Gasteiger partial charge in [-0.3, -0.25) is 4.79 Å². The average Bonchev–Trinajstić information content (AvgIpc) is 2.74. The lowest BCUT2D eigenvalue weighted by atomic mass is 10.2.